The number of piperidine rings is 1. The van der Waals surface area contributed by atoms with Crippen LogP contribution in [0.5, 0.6) is 0 Å². The second-order valence-electron chi connectivity index (χ2n) is 10.00. The van der Waals surface area contributed by atoms with Crippen LogP contribution >= 0.6 is 0 Å². The second-order valence-corrected chi connectivity index (χ2v) is 11.9. The van der Waals surface area contributed by atoms with E-state index >= 15 is 0 Å². The Labute approximate surface area is 214 Å². The van der Waals surface area contributed by atoms with Gasteiger partial charge in [0.05, 0.1) is 29.5 Å². The summed E-state index contributed by atoms with van der Waals surface area (Å²) in [4.78, 5) is 18.0. The molecular weight excluding hydrogens is 476 g/mol. The van der Waals surface area contributed by atoms with Gasteiger partial charge < -0.3 is 19.9 Å². The van der Waals surface area contributed by atoms with Crippen molar-refractivity contribution in [2.45, 2.75) is 56.5 Å². The standard InChI is InChI=1S/C27H36N4O4S/c1-20-18-22-8-4-5-9-25(22)31(20)27(32)21(2)28-24-19-23(36(33,34)30-12-6-3-7-13-30)10-11-26(24)29-14-16-35-17-15-29/h4-5,8-11,19-21,28H,3,6-7,12-18H2,1-2H3/t20-,21-/m1/s1. The lowest BCUT2D eigenvalue weighted by Gasteiger charge is -2.33. The summed E-state index contributed by atoms with van der Waals surface area (Å²) in [6.07, 6.45) is 3.66. The number of para-hydroxylation sites is 1. The molecule has 3 aliphatic heterocycles. The fourth-order valence-electron chi connectivity index (χ4n) is 5.53. The maximum absolute atomic E-state index is 13.6. The molecule has 5 rings (SSSR count). The number of nitrogens with one attached hydrogen (secondary N) is 1. The Morgan fingerprint density at radius 2 is 1.72 bits per heavy atom. The minimum Gasteiger partial charge on any atom is -0.378 e. The van der Waals surface area contributed by atoms with Crippen LogP contribution in [0, 0.1) is 0 Å². The fourth-order valence-corrected chi connectivity index (χ4v) is 7.07. The Morgan fingerprint density at radius 3 is 2.47 bits per heavy atom. The molecule has 0 saturated carbocycles. The molecule has 194 valence electrons. The highest BCUT2D eigenvalue weighted by molar-refractivity contribution is 7.89. The van der Waals surface area contributed by atoms with Crippen LogP contribution in [-0.2, 0) is 26.0 Å². The zero-order valence-corrected chi connectivity index (χ0v) is 22.0. The molecule has 2 saturated heterocycles. The van der Waals surface area contributed by atoms with Gasteiger partial charge in [0.2, 0.25) is 15.9 Å². The van der Waals surface area contributed by atoms with E-state index in [4.69, 9.17) is 4.74 Å². The van der Waals surface area contributed by atoms with Crippen molar-refractivity contribution in [1.82, 2.24) is 4.31 Å². The SMILES string of the molecule is C[C@@H]1Cc2ccccc2N1C(=O)[C@@H](C)Nc1cc(S(=O)(=O)N2CCCCC2)ccc1N1CCOCC1. The summed E-state index contributed by atoms with van der Waals surface area (Å²) in [6.45, 7) is 7.68. The van der Waals surface area contributed by atoms with E-state index in [2.05, 4.69) is 23.2 Å². The number of carbonyl (C=O) groups is 1. The lowest BCUT2D eigenvalue weighted by molar-refractivity contribution is -0.119. The van der Waals surface area contributed by atoms with Gasteiger partial charge in [0.1, 0.15) is 6.04 Å². The predicted molar refractivity (Wildman–Crippen MR) is 142 cm³/mol. The van der Waals surface area contributed by atoms with Crippen molar-refractivity contribution in [3.63, 3.8) is 0 Å². The second kappa shape index (κ2) is 10.4. The van der Waals surface area contributed by atoms with Crippen LogP contribution in [0.2, 0.25) is 0 Å². The Bertz CT molecular complexity index is 1210. The Kier molecular flexibility index (Phi) is 7.23. The molecule has 0 aromatic heterocycles. The number of hydrogen-bond donors (Lipinski definition) is 1. The first-order valence-electron chi connectivity index (χ1n) is 13.0. The third-order valence-corrected chi connectivity index (χ3v) is 9.35. The van der Waals surface area contributed by atoms with E-state index in [1.165, 1.54) is 5.56 Å². The van der Waals surface area contributed by atoms with Gasteiger partial charge in [-0.1, -0.05) is 24.6 Å². The van der Waals surface area contributed by atoms with Crippen molar-refractivity contribution in [3.8, 4) is 0 Å². The molecule has 1 amide bonds. The zero-order valence-electron chi connectivity index (χ0n) is 21.2. The smallest absolute Gasteiger partial charge is 0.249 e. The molecule has 2 fully saturated rings. The van der Waals surface area contributed by atoms with E-state index in [9.17, 15) is 13.2 Å². The van der Waals surface area contributed by atoms with Gasteiger partial charge in [0, 0.05) is 37.9 Å². The van der Waals surface area contributed by atoms with Crippen molar-refractivity contribution < 1.29 is 17.9 Å². The van der Waals surface area contributed by atoms with Gasteiger partial charge in [-0.25, -0.2) is 8.42 Å². The maximum atomic E-state index is 13.6. The van der Waals surface area contributed by atoms with Gasteiger partial charge in [-0.3, -0.25) is 4.79 Å². The summed E-state index contributed by atoms with van der Waals surface area (Å²) in [6, 6.07) is 12.8. The topological polar surface area (TPSA) is 82.2 Å². The molecular formula is C27H36N4O4S. The molecule has 3 aliphatic rings. The molecule has 3 heterocycles. The van der Waals surface area contributed by atoms with Crippen LogP contribution in [0.1, 0.15) is 38.7 Å². The van der Waals surface area contributed by atoms with Crippen LogP contribution in [0.3, 0.4) is 0 Å². The van der Waals surface area contributed by atoms with Gasteiger partial charge in [0.15, 0.2) is 0 Å². The van der Waals surface area contributed by atoms with Gasteiger partial charge in [0.25, 0.3) is 0 Å². The average Bonchev–Trinajstić information content (AvgIpc) is 3.24. The van der Waals surface area contributed by atoms with E-state index in [-0.39, 0.29) is 16.8 Å². The minimum atomic E-state index is -3.60. The monoisotopic (exact) mass is 512 g/mol. The number of benzene rings is 2. The van der Waals surface area contributed by atoms with Crippen molar-refractivity contribution >= 4 is 33.0 Å². The van der Waals surface area contributed by atoms with Crippen LogP contribution in [0.15, 0.2) is 47.4 Å². The highest BCUT2D eigenvalue weighted by atomic mass is 32.2. The number of carbonyl (C=O) groups excluding carboxylic acids is 1. The van der Waals surface area contributed by atoms with E-state index in [0.29, 0.717) is 45.1 Å². The van der Waals surface area contributed by atoms with Gasteiger partial charge >= 0.3 is 0 Å². The number of nitrogens with zero attached hydrogens (tertiary/aromatic N) is 3. The Morgan fingerprint density at radius 1 is 1.00 bits per heavy atom. The van der Waals surface area contributed by atoms with Gasteiger partial charge in [-0.05, 0) is 62.9 Å². The van der Waals surface area contributed by atoms with Gasteiger partial charge in [-0.2, -0.15) is 4.31 Å². The lowest BCUT2D eigenvalue weighted by Crippen LogP contribution is -2.45. The van der Waals surface area contributed by atoms with E-state index in [1.807, 2.05) is 36.1 Å². The van der Waals surface area contributed by atoms with Crippen molar-refractivity contribution in [3.05, 3.63) is 48.0 Å². The highest BCUT2D eigenvalue weighted by Gasteiger charge is 2.34. The molecule has 2 atom stereocenters. The first-order chi connectivity index (χ1) is 17.4. The highest BCUT2D eigenvalue weighted by Crippen LogP contribution is 2.35. The number of sulfonamides is 1. The molecule has 0 spiro atoms. The van der Waals surface area contributed by atoms with Crippen LogP contribution in [-0.4, -0.2) is 70.1 Å². The summed E-state index contributed by atoms with van der Waals surface area (Å²) < 4.78 is 34.0. The van der Waals surface area contributed by atoms with Crippen molar-refractivity contribution in [2.24, 2.45) is 0 Å². The molecule has 2 aromatic carbocycles. The number of rotatable bonds is 6. The molecule has 0 bridgehead atoms. The zero-order chi connectivity index (χ0) is 25.3. The predicted octanol–water partition coefficient (Wildman–Crippen LogP) is 3.48. The Hall–Kier alpha value is -2.62. The molecule has 0 aliphatic carbocycles. The number of fused-ring (bicyclic) bond motifs is 1. The van der Waals surface area contributed by atoms with E-state index < -0.39 is 16.1 Å². The fraction of sp³-hybridized carbons (Fsp3) is 0.519. The maximum Gasteiger partial charge on any atom is 0.249 e. The largest absolute Gasteiger partial charge is 0.378 e. The van der Waals surface area contributed by atoms with E-state index in [0.717, 1.165) is 37.1 Å². The summed E-state index contributed by atoms with van der Waals surface area (Å²) in [5.74, 6) is -0.0235. The number of anilines is 3. The van der Waals surface area contributed by atoms with Crippen molar-refractivity contribution in [1.29, 1.82) is 0 Å². The van der Waals surface area contributed by atoms with E-state index in [1.54, 1.807) is 16.4 Å². The third kappa shape index (κ3) is 4.84. The first kappa shape index (κ1) is 25.0. The average molecular weight is 513 g/mol. The summed E-state index contributed by atoms with van der Waals surface area (Å²) in [5.41, 5.74) is 3.69. The summed E-state index contributed by atoms with van der Waals surface area (Å²) in [7, 11) is -3.60. The van der Waals surface area contributed by atoms with Crippen LogP contribution in [0.25, 0.3) is 0 Å². The van der Waals surface area contributed by atoms with Crippen LogP contribution in [0.4, 0.5) is 17.1 Å². The quantitative estimate of drug-likeness (QED) is 0.638. The molecule has 0 unspecified atom stereocenters. The first-order valence-corrected chi connectivity index (χ1v) is 14.4. The molecule has 36 heavy (non-hydrogen) atoms. The molecule has 9 heteroatoms. The third-order valence-electron chi connectivity index (χ3n) is 7.46. The normalized spacial score (nSPS) is 21.8. The number of ether oxygens (including phenoxy) is 1. The minimum absolute atomic E-state index is 0.0235. The molecule has 8 nitrogen and oxygen atoms in total. The number of morpholine rings is 1. The number of amides is 1. The van der Waals surface area contributed by atoms with Crippen molar-refractivity contribution in [2.75, 3.05) is 54.5 Å². The molecule has 0 radical (unpaired) electrons. The summed E-state index contributed by atoms with van der Waals surface area (Å²) >= 11 is 0. The lowest BCUT2D eigenvalue weighted by atomic mass is 10.1. The van der Waals surface area contributed by atoms with Gasteiger partial charge in [-0.15, -0.1) is 0 Å². The summed E-state index contributed by atoms with van der Waals surface area (Å²) in [5, 5.41) is 3.39. The molecule has 2 aromatic rings. The number of hydrogen-bond acceptors (Lipinski definition) is 6. The Balaban J connectivity index is 1.45. The molecule has 1 N–H and O–H groups in total. The van der Waals surface area contributed by atoms with Crippen LogP contribution < -0.4 is 15.1 Å².